The van der Waals surface area contributed by atoms with Crippen molar-refractivity contribution in [1.29, 1.82) is 0 Å². The van der Waals surface area contributed by atoms with Gasteiger partial charge in [-0.2, -0.15) is 0 Å². The summed E-state index contributed by atoms with van der Waals surface area (Å²) in [5.41, 5.74) is 0. The van der Waals surface area contributed by atoms with E-state index in [1.807, 2.05) is 24.3 Å². The second kappa shape index (κ2) is 7.91. The summed E-state index contributed by atoms with van der Waals surface area (Å²) >= 11 is 7.67. The molecule has 0 unspecified atom stereocenters. The lowest BCUT2D eigenvalue weighted by molar-refractivity contribution is -0.121. The lowest BCUT2D eigenvalue weighted by Crippen LogP contribution is -2.38. The van der Waals surface area contributed by atoms with Crippen LogP contribution in [-0.4, -0.2) is 28.9 Å². The molecule has 2 rings (SSSR count). The minimum Gasteiger partial charge on any atom is -0.393 e. The summed E-state index contributed by atoms with van der Waals surface area (Å²) in [5.74, 6) is 0.816. The monoisotopic (exact) mass is 313 g/mol. The zero-order valence-electron chi connectivity index (χ0n) is 11.3. The quantitative estimate of drug-likeness (QED) is 0.820. The largest absolute Gasteiger partial charge is 0.393 e. The van der Waals surface area contributed by atoms with E-state index in [1.54, 1.807) is 11.8 Å². The van der Waals surface area contributed by atoms with E-state index in [0.717, 1.165) is 41.4 Å². The van der Waals surface area contributed by atoms with Crippen LogP contribution in [0.5, 0.6) is 0 Å². The molecule has 2 N–H and O–H groups in total. The molecule has 0 heterocycles. The zero-order chi connectivity index (χ0) is 14.4. The third kappa shape index (κ3) is 5.00. The minimum atomic E-state index is -0.182. The lowest BCUT2D eigenvalue weighted by Gasteiger charge is -2.26. The minimum absolute atomic E-state index is 0.0888. The number of nitrogens with one attached hydrogen (secondary N) is 1. The van der Waals surface area contributed by atoms with Gasteiger partial charge in [-0.15, -0.1) is 11.8 Å². The number of carbonyl (C=O) groups excluding carboxylic acids is 1. The summed E-state index contributed by atoms with van der Waals surface area (Å²) in [4.78, 5) is 12.9. The average molecular weight is 314 g/mol. The van der Waals surface area contributed by atoms with Crippen LogP contribution in [0.15, 0.2) is 29.2 Å². The Morgan fingerprint density at radius 2 is 2.00 bits per heavy atom. The van der Waals surface area contributed by atoms with E-state index in [-0.39, 0.29) is 18.1 Å². The van der Waals surface area contributed by atoms with Gasteiger partial charge in [-0.3, -0.25) is 4.79 Å². The second-order valence-corrected chi connectivity index (χ2v) is 6.65. The highest BCUT2D eigenvalue weighted by Gasteiger charge is 2.20. The van der Waals surface area contributed by atoms with Crippen LogP contribution >= 0.6 is 23.4 Å². The van der Waals surface area contributed by atoms with Crippen LogP contribution in [0.25, 0.3) is 0 Å². The van der Waals surface area contributed by atoms with Gasteiger partial charge in [-0.25, -0.2) is 0 Å². The van der Waals surface area contributed by atoms with Gasteiger partial charge in [0.2, 0.25) is 5.91 Å². The van der Waals surface area contributed by atoms with Crippen LogP contribution in [0.1, 0.15) is 32.1 Å². The number of thioether (sulfide) groups is 1. The summed E-state index contributed by atoms with van der Waals surface area (Å²) in [6.45, 7) is 0. The van der Waals surface area contributed by atoms with Crippen molar-refractivity contribution < 1.29 is 9.90 Å². The molecular weight excluding hydrogens is 294 g/mol. The number of halogens is 1. The molecule has 1 aromatic rings. The molecule has 0 saturated heterocycles. The highest BCUT2D eigenvalue weighted by Crippen LogP contribution is 2.27. The highest BCUT2D eigenvalue weighted by atomic mass is 35.5. The fourth-order valence-corrected chi connectivity index (χ4v) is 3.52. The van der Waals surface area contributed by atoms with E-state index in [4.69, 9.17) is 11.6 Å². The van der Waals surface area contributed by atoms with Crippen LogP contribution in [0.3, 0.4) is 0 Å². The van der Waals surface area contributed by atoms with Crippen molar-refractivity contribution in [2.45, 2.75) is 49.1 Å². The predicted molar refractivity (Wildman–Crippen MR) is 83.2 cm³/mol. The van der Waals surface area contributed by atoms with Gasteiger partial charge in [0.05, 0.1) is 11.1 Å². The molecule has 0 radical (unpaired) electrons. The van der Waals surface area contributed by atoms with Crippen LogP contribution in [0, 0.1) is 0 Å². The number of benzene rings is 1. The second-order valence-electron chi connectivity index (χ2n) is 5.10. The Morgan fingerprint density at radius 3 is 2.70 bits per heavy atom. The van der Waals surface area contributed by atoms with Crippen molar-refractivity contribution in [3.8, 4) is 0 Å². The Bertz CT molecular complexity index is 447. The summed E-state index contributed by atoms with van der Waals surface area (Å²) in [6.07, 6.45) is 3.65. The number of aliphatic hydroxyl groups is 1. The van der Waals surface area contributed by atoms with Gasteiger partial charge >= 0.3 is 0 Å². The van der Waals surface area contributed by atoms with Crippen LogP contribution in [0.4, 0.5) is 0 Å². The van der Waals surface area contributed by atoms with E-state index in [9.17, 15) is 9.90 Å². The van der Waals surface area contributed by atoms with E-state index < -0.39 is 0 Å². The number of hydrogen-bond acceptors (Lipinski definition) is 3. The molecule has 1 aromatic carbocycles. The average Bonchev–Trinajstić information content (AvgIpc) is 2.43. The topological polar surface area (TPSA) is 49.3 Å². The first-order chi connectivity index (χ1) is 9.65. The van der Waals surface area contributed by atoms with Crippen molar-refractivity contribution >= 4 is 29.3 Å². The molecule has 3 nitrogen and oxygen atoms in total. The Labute approximate surface area is 129 Å². The SMILES string of the molecule is O=C(CCSc1ccccc1Cl)NC1CCC(O)CC1. The maximum atomic E-state index is 11.8. The standard InChI is InChI=1S/C15H20ClNO2S/c16-13-3-1-2-4-14(13)20-10-9-15(19)17-11-5-7-12(18)8-6-11/h1-4,11-12,18H,5-10H2,(H,17,19). The first kappa shape index (κ1) is 15.7. The van der Waals surface area contributed by atoms with Crippen LogP contribution in [0.2, 0.25) is 5.02 Å². The molecule has 0 spiro atoms. The molecule has 110 valence electrons. The third-order valence-corrected chi connectivity index (χ3v) is 5.00. The summed E-state index contributed by atoms with van der Waals surface area (Å²) in [7, 11) is 0. The molecule has 1 aliphatic carbocycles. The molecule has 20 heavy (non-hydrogen) atoms. The predicted octanol–water partition coefficient (Wildman–Crippen LogP) is 3.24. The normalized spacial score (nSPS) is 22.5. The molecule has 0 bridgehead atoms. The number of carbonyl (C=O) groups is 1. The summed E-state index contributed by atoms with van der Waals surface area (Å²) in [5, 5.41) is 13.2. The molecule has 0 aliphatic heterocycles. The van der Waals surface area contributed by atoms with Gasteiger partial charge in [0.15, 0.2) is 0 Å². The van der Waals surface area contributed by atoms with Gasteiger partial charge < -0.3 is 10.4 Å². The smallest absolute Gasteiger partial charge is 0.221 e. The maximum Gasteiger partial charge on any atom is 0.221 e. The summed E-state index contributed by atoms with van der Waals surface area (Å²) < 4.78 is 0. The van der Waals surface area contributed by atoms with E-state index in [1.165, 1.54) is 0 Å². The van der Waals surface area contributed by atoms with Gasteiger partial charge in [-0.05, 0) is 37.8 Å². The lowest BCUT2D eigenvalue weighted by atomic mass is 9.93. The van der Waals surface area contributed by atoms with Crippen molar-refractivity contribution in [2.24, 2.45) is 0 Å². The van der Waals surface area contributed by atoms with Crippen molar-refractivity contribution in [3.05, 3.63) is 29.3 Å². The van der Waals surface area contributed by atoms with Gasteiger partial charge in [0.25, 0.3) is 0 Å². The molecule has 1 aliphatic rings. The molecule has 1 saturated carbocycles. The fraction of sp³-hybridized carbons (Fsp3) is 0.533. The Balaban J connectivity index is 1.67. The van der Waals surface area contributed by atoms with Crippen LogP contribution in [-0.2, 0) is 4.79 Å². The van der Waals surface area contributed by atoms with Crippen LogP contribution < -0.4 is 5.32 Å². The van der Waals surface area contributed by atoms with E-state index >= 15 is 0 Å². The Hall–Kier alpha value is -0.710. The molecular formula is C15H20ClNO2S. The Kier molecular flexibility index (Phi) is 6.20. The number of rotatable bonds is 5. The number of hydrogen-bond donors (Lipinski definition) is 2. The van der Waals surface area contributed by atoms with Gasteiger partial charge in [0.1, 0.15) is 0 Å². The first-order valence-electron chi connectivity index (χ1n) is 7.00. The molecule has 0 atom stereocenters. The summed E-state index contributed by atoms with van der Waals surface area (Å²) in [6, 6.07) is 7.90. The van der Waals surface area contributed by atoms with Crippen molar-refractivity contribution in [1.82, 2.24) is 5.32 Å². The molecule has 1 fully saturated rings. The van der Waals surface area contributed by atoms with E-state index in [2.05, 4.69) is 5.32 Å². The first-order valence-corrected chi connectivity index (χ1v) is 8.36. The van der Waals surface area contributed by atoms with Gasteiger partial charge in [0, 0.05) is 23.1 Å². The molecule has 1 amide bonds. The fourth-order valence-electron chi connectivity index (χ4n) is 2.34. The number of amides is 1. The van der Waals surface area contributed by atoms with E-state index in [0.29, 0.717) is 6.42 Å². The zero-order valence-corrected chi connectivity index (χ0v) is 12.9. The van der Waals surface area contributed by atoms with Crippen molar-refractivity contribution in [2.75, 3.05) is 5.75 Å². The Morgan fingerprint density at radius 1 is 1.30 bits per heavy atom. The highest BCUT2D eigenvalue weighted by molar-refractivity contribution is 7.99. The van der Waals surface area contributed by atoms with Crippen molar-refractivity contribution in [3.63, 3.8) is 0 Å². The number of aliphatic hydroxyl groups excluding tert-OH is 1. The molecule has 5 heteroatoms. The third-order valence-electron chi connectivity index (χ3n) is 3.49. The molecule has 0 aromatic heterocycles. The van der Waals surface area contributed by atoms with Gasteiger partial charge in [-0.1, -0.05) is 23.7 Å². The maximum absolute atomic E-state index is 11.8.